The van der Waals surface area contributed by atoms with E-state index >= 15 is 0 Å². The number of nitrogens with one attached hydrogen (secondary N) is 1. The molecule has 0 aliphatic carbocycles. The zero-order valence-corrected chi connectivity index (χ0v) is 11.9. The average molecular weight is 232 g/mol. The van der Waals surface area contributed by atoms with Crippen LogP contribution in [-0.2, 0) is 10.8 Å². The highest BCUT2D eigenvalue weighted by molar-refractivity contribution is 5.59. The predicted molar refractivity (Wildman–Crippen MR) is 75.1 cm³/mol. The molecule has 0 radical (unpaired) electrons. The van der Waals surface area contributed by atoms with Gasteiger partial charge in [0, 0.05) is 12.7 Å². The van der Waals surface area contributed by atoms with Gasteiger partial charge in [-0.25, -0.2) is 0 Å². The van der Waals surface area contributed by atoms with Gasteiger partial charge in [-0.3, -0.25) is 4.68 Å². The van der Waals surface area contributed by atoms with Gasteiger partial charge in [0.15, 0.2) is 0 Å². The first-order valence-corrected chi connectivity index (χ1v) is 6.38. The molecule has 0 spiro atoms. The molecular weight excluding hydrogens is 208 g/mol. The molecule has 1 aromatic rings. The van der Waals surface area contributed by atoms with Gasteiger partial charge in [0.05, 0.1) is 5.69 Å². The van der Waals surface area contributed by atoms with E-state index in [1.54, 1.807) is 0 Å². The van der Waals surface area contributed by atoms with Gasteiger partial charge in [-0.15, -0.1) is 0 Å². The maximum Gasteiger partial charge on any atom is 0.0658 e. The fourth-order valence-corrected chi connectivity index (χ4v) is 2.49. The molecule has 0 amide bonds. The highest BCUT2D eigenvalue weighted by Gasteiger charge is 2.30. The van der Waals surface area contributed by atoms with E-state index in [2.05, 4.69) is 70.0 Å². The molecule has 0 unspecified atom stereocenters. The van der Waals surface area contributed by atoms with Crippen LogP contribution < -0.4 is 5.43 Å². The Balaban J connectivity index is 2.69. The molecule has 94 valence electrons. The van der Waals surface area contributed by atoms with Crippen LogP contribution in [0, 0.1) is 0 Å². The molecule has 17 heavy (non-hydrogen) atoms. The van der Waals surface area contributed by atoms with E-state index in [0.29, 0.717) is 0 Å². The smallest absolute Gasteiger partial charge is 0.0658 e. The summed E-state index contributed by atoms with van der Waals surface area (Å²) in [6.07, 6.45) is 6.70. The van der Waals surface area contributed by atoms with E-state index in [9.17, 15) is 0 Å². The predicted octanol–water partition coefficient (Wildman–Crippen LogP) is 3.65. The summed E-state index contributed by atoms with van der Waals surface area (Å²) in [7, 11) is 0. The molecule has 2 heterocycles. The minimum absolute atomic E-state index is 0.173. The van der Waals surface area contributed by atoms with Crippen LogP contribution in [0.1, 0.15) is 58.4 Å². The van der Waals surface area contributed by atoms with Crippen LogP contribution in [0.4, 0.5) is 0 Å². The minimum Gasteiger partial charge on any atom is -0.322 e. The molecule has 2 rings (SSSR count). The third-order valence-electron chi connectivity index (χ3n) is 3.26. The first-order valence-electron chi connectivity index (χ1n) is 6.38. The fraction of sp³-hybridized carbons (Fsp3) is 0.600. The number of hydrogen-bond donors (Lipinski definition) is 1. The zero-order chi connectivity index (χ0) is 12.8. The van der Waals surface area contributed by atoms with Crippen molar-refractivity contribution in [1.82, 2.24) is 4.68 Å². The Bertz CT molecular complexity index is 450. The molecule has 1 N–H and O–H groups in total. The maximum absolute atomic E-state index is 3.40. The molecule has 0 aromatic carbocycles. The third-order valence-corrected chi connectivity index (χ3v) is 3.26. The van der Waals surface area contributed by atoms with Crippen LogP contribution >= 0.6 is 0 Å². The number of rotatable bonds is 0. The Morgan fingerprint density at radius 1 is 1.06 bits per heavy atom. The molecular formula is C15H24N2. The lowest BCUT2D eigenvalue weighted by atomic mass is 9.76. The number of fused-ring (bicyclic) bond motifs is 1. The van der Waals surface area contributed by atoms with Crippen molar-refractivity contribution in [2.75, 3.05) is 12.0 Å². The molecule has 0 bridgehead atoms. The summed E-state index contributed by atoms with van der Waals surface area (Å²) in [6, 6.07) is 0. The first-order chi connectivity index (χ1) is 7.71. The van der Waals surface area contributed by atoms with Crippen LogP contribution in [0.3, 0.4) is 0 Å². The third kappa shape index (κ3) is 2.13. The molecule has 0 fully saturated rings. The summed E-state index contributed by atoms with van der Waals surface area (Å²) in [6.45, 7) is 14.6. The van der Waals surface area contributed by atoms with Crippen molar-refractivity contribution in [2.24, 2.45) is 0 Å². The van der Waals surface area contributed by atoms with Gasteiger partial charge < -0.3 is 5.43 Å². The quantitative estimate of drug-likeness (QED) is 0.722. The second kappa shape index (κ2) is 3.66. The van der Waals surface area contributed by atoms with Crippen molar-refractivity contribution in [3.05, 3.63) is 29.1 Å². The van der Waals surface area contributed by atoms with Crippen molar-refractivity contribution < 1.29 is 0 Å². The van der Waals surface area contributed by atoms with Crippen LogP contribution in [0.15, 0.2) is 12.3 Å². The highest BCUT2D eigenvalue weighted by Crippen LogP contribution is 2.38. The van der Waals surface area contributed by atoms with Gasteiger partial charge in [-0.2, -0.15) is 0 Å². The summed E-state index contributed by atoms with van der Waals surface area (Å²) in [5.74, 6) is 0. The summed E-state index contributed by atoms with van der Waals surface area (Å²) in [4.78, 5) is 0. The normalized spacial score (nSPS) is 15.6. The maximum atomic E-state index is 3.40. The van der Waals surface area contributed by atoms with Gasteiger partial charge >= 0.3 is 0 Å². The van der Waals surface area contributed by atoms with E-state index in [1.165, 1.54) is 16.8 Å². The number of aromatic nitrogens is 1. The van der Waals surface area contributed by atoms with Gasteiger partial charge in [-0.1, -0.05) is 47.6 Å². The lowest BCUT2D eigenvalue weighted by Crippen LogP contribution is -2.22. The number of nitrogens with zero attached hydrogens (tertiary/aromatic N) is 1. The van der Waals surface area contributed by atoms with Crippen LogP contribution in [-0.4, -0.2) is 11.2 Å². The van der Waals surface area contributed by atoms with E-state index < -0.39 is 0 Å². The Labute approximate surface area is 105 Å². The van der Waals surface area contributed by atoms with Gasteiger partial charge in [-0.05, 0) is 28.0 Å². The summed E-state index contributed by atoms with van der Waals surface area (Å²) in [5.41, 5.74) is 7.98. The van der Waals surface area contributed by atoms with Crippen LogP contribution in [0.5, 0.6) is 0 Å². The standard InChI is InChI=1S/C15H24N2/c1-14(2,3)11-10-17-12(8-7-9-16-17)13(11)15(4,5)6/h7-8,10,16H,9H2,1-6H3. The van der Waals surface area contributed by atoms with Crippen LogP contribution in [0.25, 0.3) is 6.08 Å². The Kier molecular flexibility index (Phi) is 2.64. The van der Waals surface area contributed by atoms with E-state index in [1.807, 2.05) is 0 Å². The number of hydrogen-bond acceptors (Lipinski definition) is 1. The second-order valence-electron chi connectivity index (χ2n) is 6.94. The topological polar surface area (TPSA) is 17.0 Å². The van der Waals surface area contributed by atoms with Crippen molar-refractivity contribution in [3.63, 3.8) is 0 Å². The zero-order valence-electron chi connectivity index (χ0n) is 11.9. The largest absolute Gasteiger partial charge is 0.322 e. The van der Waals surface area contributed by atoms with Gasteiger partial charge in [0.2, 0.25) is 0 Å². The van der Waals surface area contributed by atoms with Crippen molar-refractivity contribution >= 4 is 6.08 Å². The summed E-state index contributed by atoms with van der Waals surface area (Å²) < 4.78 is 2.18. The molecule has 2 nitrogen and oxygen atoms in total. The molecule has 1 aliphatic rings. The SMILES string of the molecule is CC(C)(C)c1cn2c(c1C(C)(C)C)C=CCN2. The summed E-state index contributed by atoms with van der Waals surface area (Å²) in [5, 5.41) is 0. The van der Waals surface area contributed by atoms with E-state index in [4.69, 9.17) is 0 Å². The molecule has 0 saturated carbocycles. The van der Waals surface area contributed by atoms with E-state index in [0.717, 1.165) is 6.54 Å². The molecule has 0 atom stereocenters. The summed E-state index contributed by atoms with van der Waals surface area (Å²) >= 11 is 0. The van der Waals surface area contributed by atoms with Crippen molar-refractivity contribution in [3.8, 4) is 0 Å². The lowest BCUT2D eigenvalue weighted by Gasteiger charge is -2.27. The van der Waals surface area contributed by atoms with Gasteiger partial charge in [0.25, 0.3) is 0 Å². The molecule has 1 aromatic heterocycles. The lowest BCUT2D eigenvalue weighted by molar-refractivity contribution is 0.533. The van der Waals surface area contributed by atoms with Crippen LogP contribution in [0.2, 0.25) is 0 Å². The fourth-order valence-electron chi connectivity index (χ4n) is 2.49. The highest BCUT2D eigenvalue weighted by atomic mass is 15.4. The molecule has 1 aliphatic heterocycles. The second-order valence-corrected chi connectivity index (χ2v) is 6.94. The van der Waals surface area contributed by atoms with Crippen molar-refractivity contribution in [2.45, 2.75) is 52.4 Å². The Morgan fingerprint density at radius 3 is 2.24 bits per heavy atom. The van der Waals surface area contributed by atoms with E-state index in [-0.39, 0.29) is 10.8 Å². The molecule has 2 heteroatoms. The molecule has 0 saturated heterocycles. The first kappa shape index (κ1) is 12.3. The minimum atomic E-state index is 0.173. The monoisotopic (exact) mass is 232 g/mol. The average Bonchev–Trinajstić information content (AvgIpc) is 2.54. The van der Waals surface area contributed by atoms with Crippen molar-refractivity contribution in [1.29, 1.82) is 0 Å². The Hall–Kier alpha value is -1.18. The van der Waals surface area contributed by atoms with Gasteiger partial charge in [0.1, 0.15) is 0 Å². The Morgan fingerprint density at radius 2 is 1.71 bits per heavy atom.